The number of rotatable bonds is 9. The summed E-state index contributed by atoms with van der Waals surface area (Å²) in [4.78, 5) is 12.6. The average molecular weight is 343 g/mol. The van der Waals surface area contributed by atoms with Crippen molar-refractivity contribution in [2.75, 3.05) is 31.6 Å². The topological polar surface area (TPSA) is 83.8 Å². The Morgan fingerprint density at radius 1 is 1.17 bits per heavy atom. The Labute approximate surface area is 138 Å². The Bertz CT molecular complexity index is 642. The first-order valence-corrected chi connectivity index (χ1v) is 9.23. The quantitative estimate of drug-likeness (QED) is 0.508. The maximum atomic E-state index is 12.5. The SMILES string of the molecule is CCCCN(C)c1ccc(S(=O)(=O)N(CC)CC)cc1[N+](=O)[O-]. The van der Waals surface area contributed by atoms with Crippen LogP contribution >= 0.6 is 0 Å². The molecule has 130 valence electrons. The second kappa shape index (κ2) is 8.26. The summed E-state index contributed by atoms with van der Waals surface area (Å²) in [6.07, 6.45) is 1.89. The van der Waals surface area contributed by atoms with Crippen LogP contribution in [0.4, 0.5) is 11.4 Å². The molecule has 0 aliphatic rings. The fraction of sp³-hybridized carbons (Fsp3) is 0.600. The van der Waals surface area contributed by atoms with Crippen LogP contribution in [0.25, 0.3) is 0 Å². The van der Waals surface area contributed by atoms with Gasteiger partial charge < -0.3 is 4.90 Å². The molecule has 0 aromatic heterocycles. The molecule has 0 fully saturated rings. The van der Waals surface area contributed by atoms with Crippen molar-refractivity contribution >= 4 is 21.4 Å². The predicted molar refractivity (Wildman–Crippen MR) is 91.4 cm³/mol. The van der Waals surface area contributed by atoms with Crippen molar-refractivity contribution in [2.45, 2.75) is 38.5 Å². The zero-order valence-electron chi connectivity index (χ0n) is 14.2. The van der Waals surface area contributed by atoms with Crippen LogP contribution < -0.4 is 4.90 Å². The maximum Gasteiger partial charge on any atom is 0.293 e. The number of benzene rings is 1. The number of hydrogen-bond acceptors (Lipinski definition) is 5. The molecule has 0 saturated heterocycles. The predicted octanol–water partition coefficient (Wildman–Crippen LogP) is 2.86. The molecule has 8 heteroatoms. The molecule has 0 amide bonds. The third kappa shape index (κ3) is 4.42. The molecule has 1 aromatic carbocycles. The van der Waals surface area contributed by atoms with Crippen molar-refractivity contribution in [3.63, 3.8) is 0 Å². The van der Waals surface area contributed by atoms with Crippen molar-refractivity contribution in [3.8, 4) is 0 Å². The van der Waals surface area contributed by atoms with E-state index in [9.17, 15) is 18.5 Å². The number of nitrogens with zero attached hydrogens (tertiary/aromatic N) is 3. The summed E-state index contributed by atoms with van der Waals surface area (Å²) in [6.45, 7) is 6.85. The Hall–Kier alpha value is -1.67. The van der Waals surface area contributed by atoms with E-state index < -0.39 is 14.9 Å². The van der Waals surface area contributed by atoms with Crippen molar-refractivity contribution in [3.05, 3.63) is 28.3 Å². The lowest BCUT2D eigenvalue weighted by atomic mass is 10.2. The van der Waals surface area contributed by atoms with Crippen LogP contribution in [0.2, 0.25) is 0 Å². The van der Waals surface area contributed by atoms with Crippen LogP contribution in [-0.4, -0.2) is 44.3 Å². The summed E-state index contributed by atoms with van der Waals surface area (Å²) in [5.41, 5.74) is 0.249. The second-order valence-electron chi connectivity index (χ2n) is 5.27. The molecule has 0 aliphatic heterocycles. The van der Waals surface area contributed by atoms with Gasteiger partial charge >= 0.3 is 0 Å². The van der Waals surface area contributed by atoms with E-state index in [4.69, 9.17) is 0 Å². The third-order valence-electron chi connectivity index (χ3n) is 3.75. The molecule has 7 nitrogen and oxygen atoms in total. The van der Waals surface area contributed by atoms with E-state index >= 15 is 0 Å². The van der Waals surface area contributed by atoms with Gasteiger partial charge in [0, 0.05) is 32.7 Å². The fourth-order valence-corrected chi connectivity index (χ4v) is 3.84. The number of nitro groups is 1. The van der Waals surface area contributed by atoms with Crippen molar-refractivity contribution in [1.82, 2.24) is 4.31 Å². The van der Waals surface area contributed by atoms with Crippen LogP contribution in [0.3, 0.4) is 0 Å². The zero-order valence-corrected chi connectivity index (χ0v) is 15.0. The molecule has 1 aromatic rings. The molecule has 1 rings (SSSR count). The highest BCUT2D eigenvalue weighted by Crippen LogP contribution is 2.31. The summed E-state index contributed by atoms with van der Waals surface area (Å²) in [5.74, 6) is 0. The van der Waals surface area contributed by atoms with Crippen molar-refractivity contribution in [1.29, 1.82) is 0 Å². The van der Waals surface area contributed by atoms with Gasteiger partial charge in [-0.05, 0) is 18.6 Å². The minimum absolute atomic E-state index is 0.0412. The molecule has 0 bridgehead atoms. The van der Waals surface area contributed by atoms with E-state index in [0.29, 0.717) is 25.3 Å². The van der Waals surface area contributed by atoms with E-state index in [2.05, 4.69) is 0 Å². The number of nitro benzene ring substituents is 1. The van der Waals surface area contributed by atoms with Gasteiger partial charge in [0.1, 0.15) is 5.69 Å². The Balaban J connectivity index is 3.31. The normalized spacial score (nSPS) is 11.7. The van der Waals surface area contributed by atoms with Crippen LogP contribution in [0.1, 0.15) is 33.6 Å². The summed E-state index contributed by atoms with van der Waals surface area (Å²) < 4.78 is 26.3. The Morgan fingerprint density at radius 3 is 2.26 bits per heavy atom. The van der Waals surface area contributed by atoms with Crippen LogP contribution in [0.5, 0.6) is 0 Å². The molecule has 23 heavy (non-hydrogen) atoms. The summed E-state index contributed by atoms with van der Waals surface area (Å²) in [5, 5.41) is 11.4. The van der Waals surface area contributed by atoms with Gasteiger partial charge in [0.15, 0.2) is 0 Å². The highest BCUT2D eigenvalue weighted by atomic mass is 32.2. The molecular formula is C15H25N3O4S. The fourth-order valence-electron chi connectivity index (χ4n) is 2.36. The Kier molecular flexibility index (Phi) is 6.96. The molecule has 0 N–H and O–H groups in total. The van der Waals surface area contributed by atoms with Crippen molar-refractivity contribution < 1.29 is 13.3 Å². The first-order valence-electron chi connectivity index (χ1n) is 7.79. The Morgan fingerprint density at radius 2 is 1.78 bits per heavy atom. The third-order valence-corrected chi connectivity index (χ3v) is 5.79. The minimum Gasteiger partial charge on any atom is -0.369 e. The molecule has 0 heterocycles. The lowest BCUT2D eigenvalue weighted by molar-refractivity contribution is -0.384. The van der Waals surface area contributed by atoms with Gasteiger partial charge in [-0.1, -0.05) is 27.2 Å². The monoisotopic (exact) mass is 343 g/mol. The van der Waals surface area contributed by atoms with E-state index in [1.165, 1.54) is 16.4 Å². The minimum atomic E-state index is -3.71. The van der Waals surface area contributed by atoms with Gasteiger partial charge in [-0.15, -0.1) is 0 Å². The summed E-state index contributed by atoms with van der Waals surface area (Å²) >= 11 is 0. The van der Waals surface area contributed by atoms with Gasteiger partial charge in [-0.25, -0.2) is 8.42 Å². The van der Waals surface area contributed by atoms with Gasteiger partial charge in [0.2, 0.25) is 10.0 Å². The molecule has 0 spiro atoms. The second-order valence-corrected chi connectivity index (χ2v) is 7.21. The number of hydrogen-bond donors (Lipinski definition) is 0. The highest BCUT2D eigenvalue weighted by molar-refractivity contribution is 7.89. The first kappa shape index (κ1) is 19.4. The van der Waals surface area contributed by atoms with E-state index in [1.807, 2.05) is 6.92 Å². The number of sulfonamides is 1. The summed E-state index contributed by atoms with van der Waals surface area (Å²) in [6, 6.07) is 4.12. The highest BCUT2D eigenvalue weighted by Gasteiger charge is 2.26. The molecule has 0 saturated carbocycles. The smallest absolute Gasteiger partial charge is 0.293 e. The van der Waals surface area contributed by atoms with E-state index in [1.54, 1.807) is 25.8 Å². The van der Waals surface area contributed by atoms with Crippen molar-refractivity contribution in [2.24, 2.45) is 0 Å². The standard InChI is InChI=1S/C15H25N3O4S/c1-5-8-11-16(4)14-10-9-13(12-15(14)18(19)20)23(21,22)17(6-2)7-3/h9-10,12H,5-8,11H2,1-4H3. The first-order chi connectivity index (χ1) is 10.8. The maximum absolute atomic E-state index is 12.5. The summed E-state index contributed by atoms with van der Waals surface area (Å²) in [7, 11) is -1.93. The van der Waals surface area contributed by atoms with Gasteiger partial charge in [0.25, 0.3) is 5.69 Å². The lowest BCUT2D eigenvalue weighted by Gasteiger charge is -2.21. The van der Waals surface area contributed by atoms with Crippen LogP contribution in [0.15, 0.2) is 23.1 Å². The molecule has 0 aliphatic carbocycles. The number of anilines is 1. The molecule has 0 radical (unpaired) electrons. The average Bonchev–Trinajstić information content (AvgIpc) is 2.52. The van der Waals surface area contributed by atoms with Crippen LogP contribution in [-0.2, 0) is 10.0 Å². The largest absolute Gasteiger partial charge is 0.369 e. The van der Waals surface area contributed by atoms with Crippen LogP contribution in [0, 0.1) is 10.1 Å². The lowest BCUT2D eigenvalue weighted by Crippen LogP contribution is -2.30. The van der Waals surface area contributed by atoms with E-state index in [0.717, 1.165) is 18.9 Å². The molecular weight excluding hydrogens is 318 g/mol. The number of unbranched alkanes of at least 4 members (excludes halogenated alkanes) is 1. The molecule has 0 unspecified atom stereocenters. The van der Waals surface area contributed by atoms with Gasteiger partial charge in [-0.2, -0.15) is 4.31 Å². The van der Waals surface area contributed by atoms with Gasteiger partial charge in [0.05, 0.1) is 9.82 Å². The molecule has 0 atom stereocenters. The zero-order chi connectivity index (χ0) is 17.6. The van der Waals surface area contributed by atoms with E-state index in [-0.39, 0.29) is 10.6 Å². The van der Waals surface area contributed by atoms with Gasteiger partial charge in [-0.3, -0.25) is 10.1 Å².